The molecule has 0 fully saturated rings. The van der Waals surface area contributed by atoms with Crippen molar-refractivity contribution in [2.45, 2.75) is 32.6 Å². The number of rotatable bonds is 8. The van der Waals surface area contributed by atoms with Crippen molar-refractivity contribution >= 4 is 11.8 Å². The highest BCUT2D eigenvalue weighted by Crippen LogP contribution is 2.18. The van der Waals surface area contributed by atoms with Crippen LogP contribution in [0.5, 0.6) is 0 Å². The Balaban J connectivity index is 2.49. The van der Waals surface area contributed by atoms with E-state index in [0.29, 0.717) is 18.1 Å². The van der Waals surface area contributed by atoms with E-state index in [9.17, 15) is 4.79 Å². The summed E-state index contributed by atoms with van der Waals surface area (Å²) < 4.78 is 1.56. The molecule has 0 aliphatic heterocycles. The zero-order valence-electron chi connectivity index (χ0n) is 10.9. The molecule has 6 heteroatoms. The normalized spacial score (nSPS) is 10.6. The van der Waals surface area contributed by atoms with Crippen LogP contribution in [0.4, 0.5) is 5.82 Å². The van der Waals surface area contributed by atoms with E-state index in [1.165, 1.54) is 0 Å². The van der Waals surface area contributed by atoms with Crippen LogP contribution in [0.3, 0.4) is 0 Å². The molecule has 3 N–H and O–H groups in total. The van der Waals surface area contributed by atoms with Gasteiger partial charge in [0.2, 0.25) is 0 Å². The average Bonchev–Trinajstić information content (AvgIpc) is 2.58. The third-order valence-corrected chi connectivity index (χ3v) is 2.81. The molecule has 6 nitrogen and oxygen atoms in total. The number of carboxylic acid groups (broad SMARTS) is 1. The summed E-state index contributed by atoms with van der Waals surface area (Å²) in [7, 11) is 1.73. The second kappa shape index (κ2) is 7.00. The van der Waals surface area contributed by atoms with E-state index in [1.54, 1.807) is 18.7 Å². The Hall–Kier alpha value is -1.56. The summed E-state index contributed by atoms with van der Waals surface area (Å²) in [6.07, 6.45) is 3.79. The molecular weight excluding hydrogens is 234 g/mol. The number of aryl methyl sites for hydroxylation is 2. The number of carboxylic acids is 1. The van der Waals surface area contributed by atoms with Crippen LogP contribution in [0, 0.1) is 6.92 Å². The molecule has 0 saturated heterocycles. The lowest BCUT2D eigenvalue weighted by Gasteiger charge is -2.07. The number of nitrogens with zero attached hydrogens (tertiary/aromatic N) is 2. The molecule has 0 atom stereocenters. The Bertz CT molecular complexity index is 402. The van der Waals surface area contributed by atoms with Gasteiger partial charge in [0.15, 0.2) is 0 Å². The third kappa shape index (κ3) is 3.73. The van der Waals surface area contributed by atoms with Gasteiger partial charge in [-0.3, -0.25) is 4.68 Å². The standard InChI is InChI=1S/C12H21N3O3/c1-9-10(12(17)18)11(15(2)14-9)13-7-5-3-4-6-8-16/h13,16H,3-8H2,1-2H3,(H,17,18). The molecule has 0 aliphatic carbocycles. The van der Waals surface area contributed by atoms with Gasteiger partial charge in [-0.1, -0.05) is 12.8 Å². The van der Waals surface area contributed by atoms with Gasteiger partial charge in [0, 0.05) is 20.2 Å². The summed E-state index contributed by atoms with van der Waals surface area (Å²) in [4.78, 5) is 11.1. The molecule has 1 heterocycles. The predicted molar refractivity (Wildman–Crippen MR) is 68.9 cm³/mol. The second-order valence-corrected chi connectivity index (χ2v) is 4.30. The molecule has 0 amide bonds. The summed E-state index contributed by atoms with van der Waals surface area (Å²) in [5, 5.41) is 25.0. The number of aliphatic hydroxyl groups excluding tert-OH is 1. The van der Waals surface area contributed by atoms with Crippen LogP contribution in [-0.4, -0.2) is 39.1 Å². The van der Waals surface area contributed by atoms with E-state index in [-0.39, 0.29) is 12.2 Å². The minimum atomic E-state index is -0.955. The molecule has 0 saturated carbocycles. The van der Waals surface area contributed by atoms with Crippen LogP contribution >= 0.6 is 0 Å². The molecule has 0 aromatic carbocycles. The van der Waals surface area contributed by atoms with E-state index in [1.807, 2.05) is 0 Å². The topological polar surface area (TPSA) is 87.4 Å². The number of anilines is 1. The van der Waals surface area contributed by atoms with Crippen LogP contribution in [-0.2, 0) is 7.05 Å². The summed E-state index contributed by atoms with van der Waals surface area (Å²) in [5.74, 6) is -0.398. The lowest BCUT2D eigenvalue weighted by atomic mass is 10.2. The number of aromatic carboxylic acids is 1. The van der Waals surface area contributed by atoms with E-state index in [0.717, 1.165) is 25.7 Å². The van der Waals surface area contributed by atoms with Crippen LogP contribution in [0.25, 0.3) is 0 Å². The van der Waals surface area contributed by atoms with Gasteiger partial charge in [-0.25, -0.2) is 4.79 Å². The van der Waals surface area contributed by atoms with Crippen molar-refractivity contribution in [1.29, 1.82) is 0 Å². The van der Waals surface area contributed by atoms with Gasteiger partial charge in [0.05, 0.1) is 5.69 Å². The molecule has 18 heavy (non-hydrogen) atoms. The van der Waals surface area contributed by atoms with Gasteiger partial charge in [-0.05, 0) is 19.8 Å². The number of aromatic nitrogens is 2. The monoisotopic (exact) mass is 255 g/mol. The molecule has 0 bridgehead atoms. The Kier molecular flexibility index (Phi) is 5.64. The first kappa shape index (κ1) is 14.5. The maximum absolute atomic E-state index is 11.1. The van der Waals surface area contributed by atoms with Crippen LogP contribution in [0.2, 0.25) is 0 Å². The lowest BCUT2D eigenvalue weighted by Crippen LogP contribution is -2.10. The van der Waals surface area contributed by atoms with Gasteiger partial charge in [0.25, 0.3) is 0 Å². The smallest absolute Gasteiger partial charge is 0.341 e. The highest BCUT2D eigenvalue weighted by atomic mass is 16.4. The molecule has 1 aromatic rings. The maximum atomic E-state index is 11.1. The number of unbranched alkanes of at least 4 members (excludes halogenated alkanes) is 3. The first-order valence-electron chi connectivity index (χ1n) is 6.19. The highest BCUT2D eigenvalue weighted by Gasteiger charge is 2.18. The fourth-order valence-electron chi connectivity index (χ4n) is 1.91. The minimum Gasteiger partial charge on any atom is -0.477 e. The molecule has 0 aliphatic rings. The molecule has 0 spiro atoms. The number of carbonyl (C=O) groups is 1. The summed E-state index contributed by atoms with van der Waals surface area (Å²) in [6, 6.07) is 0. The number of hydrogen-bond acceptors (Lipinski definition) is 4. The van der Waals surface area contributed by atoms with Crippen molar-refractivity contribution in [2.75, 3.05) is 18.5 Å². The van der Waals surface area contributed by atoms with Crippen molar-refractivity contribution < 1.29 is 15.0 Å². The average molecular weight is 255 g/mol. The summed E-state index contributed by atoms with van der Waals surface area (Å²) in [6.45, 7) is 2.64. The van der Waals surface area contributed by atoms with Crippen molar-refractivity contribution in [3.8, 4) is 0 Å². The van der Waals surface area contributed by atoms with E-state index in [2.05, 4.69) is 10.4 Å². The molecule has 1 aromatic heterocycles. The predicted octanol–water partition coefficient (Wildman–Crippen LogP) is 1.39. The van der Waals surface area contributed by atoms with Gasteiger partial charge in [0.1, 0.15) is 11.4 Å². The summed E-state index contributed by atoms with van der Waals surface area (Å²) in [5.41, 5.74) is 0.764. The SMILES string of the molecule is Cc1nn(C)c(NCCCCCCO)c1C(=O)O. The van der Waals surface area contributed by atoms with Gasteiger partial charge >= 0.3 is 5.97 Å². The second-order valence-electron chi connectivity index (χ2n) is 4.30. The zero-order chi connectivity index (χ0) is 13.5. The largest absolute Gasteiger partial charge is 0.477 e. The number of nitrogens with one attached hydrogen (secondary N) is 1. The summed E-state index contributed by atoms with van der Waals surface area (Å²) >= 11 is 0. The van der Waals surface area contributed by atoms with Crippen LogP contribution in [0.15, 0.2) is 0 Å². The molecule has 1 rings (SSSR count). The van der Waals surface area contributed by atoms with Crippen molar-refractivity contribution in [2.24, 2.45) is 7.05 Å². The van der Waals surface area contributed by atoms with E-state index < -0.39 is 5.97 Å². The number of hydrogen-bond donors (Lipinski definition) is 3. The van der Waals surface area contributed by atoms with Gasteiger partial charge in [-0.2, -0.15) is 5.10 Å². The van der Waals surface area contributed by atoms with Gasteiger partial charge < -0.3 is 15.5 Å². The number of aliphatic hydroxyl groups is 1. The Morgan fingerprint density at radius 2 is 2.00 bits per heavy atom. The minimum absolute atomic E-state index is 0.234. The zero-order valence-corrected chi connectivity index (χ0v) is 10.9. The fourth-order valence-corrected chi connectivity index (χ4v) is 1.91. The molecule has 102 valence electrons. The van der Waals surface area contributed by atoms with Crippen molar-refractivity contribution in [3.05, 3.63) is 11.3 Å². The quantitative estimate of drug-likeness (QED) is 0.611. The van der Waals surface area contributed by atoms with Gasteiger partial charge in [-0.15, -0.1) is 0 Å². The Labute approximate surface area is 107 Å². The van der Waals surface area contributed by atoms with Crippen LogP contribution < -0.4 is 5.32 Å². The molecular formula is C12H21N3O3. The molecule has 0 radical (unpaired) electrons. The lowest BCUT2D eigenvalue weighted by molar-refractivity contribution is 0.0697. The Morgan fingerprint density at radius 3 is 2.61 bits per heavy atom. The van der Waals surface area contributed by atoms with Crippen molar-refractivity contribution in [1.82, 2.24) is 9.78 Å². The van der Waals surface area contributed by atoms with E-state index >= 15 is 0 Å². The van der Waals surface area contributed by atoms with E-state index in [4.69, 9.17) is 10.2 Å². The fraction of sp³-hybridized carbons (Fsp3) is 0.667. The Morgan fingerprint density at radius 1 is 1.33 bits per heavy atom. The third-order valence-electron chi connectivity index (χ3n) is 2.81. The van der Waals surface area contributed by atoms with Crippen molar-refractivity contribution in [3.63, 3.8) is 0 Å². The highest BCUT2D eigenvalue weighted by molar-refractivity contribution is 5.94. The first-order valence-corrected chi connectivity index (χ1v) is 6.19. The molecule has 0 unspecified atom stereocenters. The van der Waals surface area contributed by atoms with Crippen LogP contribution in [0.1, 0.15) is 41.7 Å². The maximum Gasteiger partial charge on any atom is 0.341 e. The first-order chi connectivity index (χ1) is 8.57.